The minimum absolute atomic E-state index is 0.0337. The number of fused-ring (bicyclic) bond motifs is 4. The number of nitrogens with zero attached hydrogens (tertiary/aromatic N) is 2. The van der Waals surface area contributed by atoms with E-state index in [1.807, 2.05) is 0 Å². The number of carbonyl (C=O) groups is 4. The highest BCUT2D eigenvalue weighted by Gasteiger charge is 2.65. The predicted octanol–water partition coefficient (Wildman–Crippen LogP) is 2.51. The van der Waals surface area contributed by atoms with Crippen molar-refractivity contribution in [2.75, 3.05) is 20.1 Å². The van der Waals surface area contributed by atoms with Gasteiger partial charge in [0.25, 0.3) is 0 Å². The fraction of sp³-hybridized carbons (Fsp3) is 0.828. The van der Waals surface area contributed by atoms with E-state index in [1.54, 1.807) is 38.9 Å². The lowest BCUT2D eigenvalue weighted by Gasteiger charge is -2.36. The summed E-state index contributed by atoms with van der Waals surface area (Å²) in [7, 11) is 1.67. The summed E-state index contributed by atoms with van der Waals surface area (Å²) in [6, 6.07) is -1.78. The van der Waals surface area contributed by atoms with Gasteiger partial charge in [0, 0.05) is 32.3 Å². The SMILES string of the molecule is CN=C[C@@H]1CC2C(=O)NCC[C@@H]2CCCCC(NC(=O)OC(C)(C)C)C(=O)N2CC3[C@@H](C(C)C)[C@@H]3[C@H]2C(=O)N1. The van der Waals surface area contributed by atoms with E-state index in [0.717, 1.165) is 25.7 Å². The van der Waals surface area contributed by atoms with Crippen molar-refractivity contribution in [3.05, 3.63) is 0 Å². The van der Waals surface area contributed by atoms with Crippen LogP contribution in [0, 0.1) is 35.5 Å². The number of piperidine rings is 2. The first kappa shape index (κ1) is 29.3. The Balaban J connectivity index is 1.63. The molecule has 10 nitrogen and oxygen atoms in total. The summed E-state index contributed by atoms with van der Waals surface area (Å²) in [6.45, 7) is 10.8. The topological polar surface area (TPSA) is 129 Å². The molecular formula is C29H47N5O5. The van der Waals surface area contributed by atoms with Gasteiger partial charge >= 0.3 is 6.09 Å². The highest BCUT2D eigenvalue weighted by Crippen LogP contribution is 2.59. The third-order valence-electron chi connectivity index (χ3n) is 8.91. The second-order valence-corrected chi connectivity index (χ2v) is 13.2. The minimum atomic E-state index is -0.772. The van der Waals surface area contributed by atoms with Gasteiger partial charge in [0.15, 0.2) is 0 Å². The molecule has 39 heavy (non-hydrogen) atoms. The van der Waals surface area contributed by atoms with Crippen LogP contribution >= 0.6 is 0 Å². The Kier molecular flexibility index (Phi) is 8.91. The van der Waals surface area contributed by atoms with Gasteiger partial charge in [-0.25, -0.2) is 4.79 Å². The lowest BCUT2D eigenvalue weighted by Crippen LogP contribution is -2.57. The Morgan fingerprint density at radius 1 is 1.13 bits per heavy atom. The normalized spacial score (nSPS) is 35.9. The van der Waals surface area contributed by atoms with Crippen LogP contribution in [0.4, 0.5) is 4.79 Å². The maximum Gasteiger partial charge on any atom is 0.408 e. The molecule has 1 aliphatic carbocycles. The average molecular weight is 546 g/mol. The van der Waals surface area contributed by atoms with Crippen LogP contribution < -0.4 is 16.0 Å². The summed E-state index contributed by atoms with van der Waals surface area (Å²) in [4.78, 5) is 59.3. The van der Waals surface area contributed by atoms with Gasteiger partial charge in [-0.3, -0.25) is 19.4 Å². The van der Waals surface area contributed by atoms with Crippen LogP contribution in [-0.4, -0.2) is 78.8 Å². The fourth-order valence-corrected chi connectivity index (χ4v) is 7.26. The first-order valence-corrected chi connectivity index (χ1v) is 14.7. The van der Waals surface area contributed by atoms with Gasteiger partial charge in [-0.15, -0.1) is 0 Å². The highest BCUT2D eigenvalue weighted by molar-refractivity contribution is 5.94. The maximum atomic E-state index is 14.0. The number of hydrogen-bond donors (Lipinski definition) is 3. The Morgan fingerprint density at radius 3 is 2.51 bits per heavy atom. The van der Waals surface area contributed by atoms with E-state index in [-0.39, 0.29) is 41.4 Å². The zero-order valence-corrected chi connectivity index (χ0v) is 24.4. The molecule has 1 saturated carbocycles. The van der Waals surface area contributed by atoms with Gasteiger partial charge in [-0.1, -0.05) is 26.7 Å². The van der Waals surface area contributed by atoms with Crippen molar-refractivity contribution in [3.8, 4) is 0 Å². The molecular weight excluding hydrogens is 498 g/mol. The molecule has 0 spiro atoms. The quantitative estimate of drug-likeness (QED) is 0.470. The Labute approximate surface area is 232 Å². The smallest absolute Gasteiger partial charge is 0.408 e. The number of aliphatic imine (C=N–C) groups is 1. The Hall–Kier alpha value is -2.65. The van der Waals surface area contributed by atoms with Gasteiger partial charge < -0.3 is 25.6 Å². The van der Waals surface area contributed by atoms with E-state index in [2.05, 4.69) is 34.8 Å². The minimum Gasteiger partial charge on any atom is -0.444 e. The molecule has 4 aliphatic rings. The van der Waals surface area contributed by atoms with Crippen LogP contribution in [0.2, 0.25) is 0 Å². The molecule has 3 aliphatic heterocycles. The van der Waals surface area contributed by atoms with E-state index in [4.69, 9.17) is 4.74 Å². The first-order valence-electron chi connectivity index (χ1n) is 14.7. The van der Waals surface area contributed by atoms with Gasteiger partial charge in [-0.2, -0.15) is 0 Å². The van der Waals surface area contributed by atoms with Crippen LogP contribution in [0.1, 0.15) is 73.1 Å². The van der Waals surface area contributed by atoms with Crippen molar-refractivity contribution in [1.29, 1.82) is 0 Å². The Bertz CT molecular complexity index is 976. The van der Waals surface area contributed by atoms with Gasteiger partial charge in [0.2, 0.25) is 17.7 Å². The molecule has 0 bridgehead atoms. The monoisotopic (exact) mass is 545 g/mol. The van der Waals surface area contributed by atoms with Crippen LogP contribution in [0.25, 0.3) is 0 Å². The van der Waals surface area contributed by atoms with E-state index in [0.29, 0.717) is 37.8 Å². The second-order valence-electron chi connectivity index (χ2n) is 13.2. The van der Waals surface area contributed by atoms with Crippen LogP contribution in [0.5, 0.6) is 0 Å². The second kappa shape index (κ2) is 11.8. The van der Waals surface area contributed by atoms with Crippen molar-refractivity contribution in [1.82, 2.24) is 20.9 Å². The van der Waals surface area contributed by atoms with Crippen LogP contribution in [0.15, 0.2) is 4.99 Å². The largest absolute Gasteiger partial charge is 0.444 e. The number of rotatable bonds is 3. The summed E-state index contributed by atoms with van der Waals surface area (Å²) >= 11 is 0. The molecule has 4 fully saturated rings. The molecule has 0 aromatic rings. The third-order valence-corrected chi connectivity index (χ3v) is 8.91. The first-order chi connectivity index (χ1) is 18.4. The van der Waals surface area contributed by atoms with E-state index in [1.165, 1.54) is 0 Å². The predicted molar refractivity (Wildman–Crippen MR) is 148 cm³/mol. The number of carbonyl (C=O) groups excluding carboxylic acids is 4. The average Bonchev–Trinajstić information content (AvgIpc) is 3.41. The van der Waals surface area contributed by atoms with E-state index < -0.39 is 29.8 Å². The number of amides is 4. The maximum absolute atomic E-state index is 14.0. The molecule has 3 N–H and O–H groups in total. The molecule has 3 saturated heterocycles. The highest BCUT2D eigenvalue weighted by atomic mass is 16.6. The van der Waals surface area contributed by atoms with Crippen LogP contribution in [0.3, 0.4) is 0 Å². The zero-order chi connectivity index (χ0) is 28.5. The van der Waals surface area contributed by atoms with Crippen molar-refractivity contribution < 1.29 is 23.9 Å². The van der Waals surface area contributed by atoms with E-state index in [9.17, 15) is 19.2 Å². The van der Waals surface area contributed by atoms with Crippen molar-refractivity contribution in [3.63, 3.8) is 0 Å². The van der Waals surface area contributed by atoms with Crippen molar-refractivity contribution in [2.45, 2.75) is 96.9 Å². The van der Waals surface area contributed by atoms with Crippen LogP contribution in [-0.2, 0) is 19.1 Å². The zero-order valence-electron chi connectivity index (χ0n) is 24.4. The number of nitrogens with one attached hydrogen (secondary N) is 3. The molecule has 8 atom stereocenters. The fourth-order valence-electron chi connectivity index (χ4n) is 7.26. The molecule has 0 radical (unpaired) electrons. The van der Waals surface area contributed by atoms with Crippen molar-refractivity contribution in [2.24, 2.45) is 40.5 Å². The molecule has 4 amide bonds. The number of hydrogen-bond acceptors (Lipinski definition) is 6. The number of ether oxygens (including phenoxy) is 1. The summed E-state index contributed by atoms with van der Waals surface area (Å²) in [5.41, 5.74) is -0.691. The van der Waals surface area contributed by atoms with Gasteiger partial charge in [0.05, 0.1) is 6.04 Å². The molecule has 0 aromatic heterocycles. The van der Waals surface area contributed by atoms with Gasteiger partial charge in [-0.05, 0) is 76.0 Å². The summed E-state index contributed by atoms with van der Waals surface area (Å²) in [5.74, 6) is 0.753. The molecule has 3 heterocycles. The standard InChI is InChI=1S/C29H47N5O5/c1-16(2)22-20-15-34-24(23(20)22)26(36)32-18(14-30-6)13-19-17(11-12-31-25(19)35)9-7-8-10-21(27(34)37)33-28(38)39-29(3,4)5/h14,16-24H,7-13,15H2,1-6H3,(H,31,35)(H,32,36)(H,33,38)/t17-,18-,19?,20?,21?,22+,23+,24-/m0/s1. The molecule has 218 valence electrons. The van der Waals surface area contributed by atoms with Gasteiger partial charge in [0.1, 0.15) is 17.7 Å². The van der Waals surface area contributed by atoms with E-state index >= 15 is 0 Å². The summed E-state index contributed by atoms with van der Waals surface area (Å²) < 4.78 is 5.47. The lowest BCUT2D eigenvalue weighted by molar-refractivity contribution is -0.142. The third kappa shape index (κ3) is 6.74. The molecule has 0 aromatic carbocycles. The molecule has 3 unspecified atom stereocenters. The van der Waals surface area contributed by atoms with Crippen molar-refractivity contribution >= 4 is 30.0 Å². The summed E-state index contributed by atoms with van der Waals surface area (Å²) in [5, 5.41) is 8.97. The summed E-state index contributed by atoms with van der Waals surface area (Å²) in [6.07, 6.45) is 5.33. The molecule has 10 heteroatoms. The number of alkyl carbamates (subject to hydrolysis) is 1. The molecule has 4 rings (SSSR count). The lowest BCUT2D eigenvalue weighted by atomic mass is 9.78. The Morgan fingerprint density at radius 2 is 1.85 bits per heavy atom.